The summed E-state index contributed by atoms with van der Waals surface area (Å²) in [6, 6.07) is 12.5. The molecule has 0 unspecified atom stereocenters. The number of ether oxygens (including phenoxy) is 1. The molecule has 0 heterocycles. The molecule has 0 saturated carbocycles. The molecular formula is C15H9ClF3NO. The Hall–Kier alpha value is -2.19. The Balaban J connectivity index is 2.38. The lowest BCUT2D eigenvalue weighted by molar-refractivity contribution is -0.274. The predicted molar refractivity (Wildman–Crippen MR) is 72.9 cm³/mol. The molecule has 0 saturated heterocycles. The second-order valence-corrected chi connectivity index (χ2v) is 4.59. The summed E-state index contributed by atoms with van der Waals surface area (Å²) in [6.45, 7) is 0. The van der Waals surface area contributed by atoms with Crippen LogP contribution in [0.5, 0.6) is 5.75 Å². The van der Waals surface area contributed by atoms with Crippen molar-refractivity contribution in [1.29, 1.82) is 5.26 Å². The first-order valence-corrected chi connectivity index (χ1v) is 6.29. The monoisotopic (exact) mass is 311 g/mol. The van der Waals surface area contributed by atoms with Crippen LogP contribution in [0.4, 0.5) is 13.2 Å². The molecule has 0 N–H and O–H groups in total. The Labute approximate surface area is 124 Å². The molecule has 0 aliphatic heterocycles. The van der Waals surface area contributed by atoms with Crippen LogP contribution in [0, 0.1) is 11.3 Å². The lowest BCUT2D eigenvalue weighted by Gasteiger charge is -2.12. The molecule has 0 fully saturated rings. The maximum Gasteiger partial charge on any atom is 0.573 e. The van der Waals surface area contributed by atoms with Crippen LogP contribution in [0.2, 0.25) is 5.02 Å². The quantitative estimate of drug-likeness (QED) is 0.801. The van der Waals surface area contributed by atoms with E-state index in [0.29, 0.717) is 16.1 Å². The molecule has 0 atom stereocenters. The van der Waals surface area contributed by atoms with E-state index in [1.807, 2.05) is 6.07 Å². The van der Waals surface area contributed by atoms with Crippen molar-refractivity contribution in [3.63, 3.8) is 0 Å². The fourth-order valence-corrected chi connectivity index (χ4v) is 2.25. The number of halogens is 4. The number of nitrogens with zero attached hydrogens (tertiary/aromatic N) is 1. The lowest BCUT2D eigenvalue weighted by Crippen LogP contribution is -2.16. The van der Waals surface area contributed by atoms with Gasteiger partial charge in [0.2, 0.25) is 0 Å². The number of hydrogen-bond donors (Lipinski definition) is 0. The highest BCUT2D eigenvalue weighted by Crippen LogP contribution is 2.33. The van der Waals surface area contributed by atoms with Gasteiger partial charge in [-0.25, -0.2) is 0 Å². The summed E-state index contributed by atoms with van der Waals surface area (Å²) in [5.74, 6) is -0.305. The van der Waals surface area contributed by atoms with Gasteiger partial charge in [0.1, 0.15) is 5.75 Å². The predicted octanol–water partition coefficient (Wildman–Crippen LogP) is 4.97. The van der Waals surface area contributed by atoms with Gasteiger partial charge in [-0.2, -0.15) is 5.26 Å². The molecule has 2 aromatic carbocycles. The molecule has 108 valence electrons. The van der Waals surface area contributed by atoms with Gasteiger partial charge in [0, 0.05) is 10.6 Å². The Morgan fingerprint density at radius 2 is 1.76 bits per heavy atom. The van der Waals surface area contributed by atoms with E-state index < -0.39 is 6.36 Å². The molecule has 0 amide bonds. The Kier molecular flexibility index (Phi) is 4.39. The summed E-state index contributed by atoms with van der Waals surface area (Å²) in [4.78, 5) is 0. The van der Waals surface area contributed by atoms with Crippen LogP contribution in [0.25, 0.3) is 11.1 Å². The van der Waals surface area contributed by atoms with Gasteiger partial charge in [0.25, 0.3) is 0 Å². The van der Waals surface area contributed by atoms with Crippen molar-refractivity contribution >= 4 is 11.6 Å². The fourth-order valence-electron chi connectivity index (χ4n) is 1.95. The maximum atomic E-state index is 12.1. The molecule has 2 nitrogen and oxygen atoms in total. The van der Waals surface area contributed by atoms with Crippen molar-refractivity contribution in [3.8, 4) is 22.9 Å². The summed E-state index contributed by atoms with van der Waals surface area (Å²) >= 11 is 6.13. The fraction of sp³-hybridized carbons (Fsp3) is 0.133. The first kappa shape index (κ1) is 15.2. The Morgan fingerprint density at radius 3 is 2.33 bits per heavy atom. The third-order valence-corrected chi connectivity index (χ3v) is 3.06. The van der Waals surface area contributed by atoms with Crippen LogP contribution in [-0.2, 0) is 6.42 Å². The van der Waals surface area contributed by atoms with E-state index >= 15 is 0 Å². The average Bonchev–Trinajstić information content (AvgIpc) is 2.39. The molecule has 0 aromatic heterocycles. The van der Waals surface area contributed by atoms with Gasteiger partial charge >= 0.3 is 6.36 Å². The molecule has 2 rings (SSSR count). The minimum Gasteiger partial charge on any atom is -0.406 e. The van der Waals surface area contributed by atoms with Crippen molar-refractivity contribution < 1.29 is 17.9 Å². The highest BCUT2D eigenvalue weighted by Gasteiger charge is 2.31. The minimum absolute atomic E-state index is 0.163. The second kappa shape index (κ2) is 6.06. The summed E-state index contributed by atoms with van der Waals surface area (Å²) < 4.78 is 40.2. The molecule has 0 bridgehead atoms. The minimum atomic E-state index is -4.72. The Morgan fingerprint density at radius 1 is 1.10 bits per heavy atom. The first-order valence-electron chi connectivity index (χ1n) is 5.91. The van der Waals surface area contributed by atoms with Gasteiger partial charge in [0.05, 0.1) is 12.5 Å². The number of nitriles is 1. The first-order chi connectivity index (χ1) is 9.90. The molecule has 0 spiro atoms. The topological polar surface area (TPSA) is 33.0 Å². The number of benzene rings is 2. The summed E-state index contributed by atoms with van der Waals surface area (Å²) in [5.41, 5.74) is 1.98. The van der Waals surface area contributed by atoms with Gasteiger partial charge in [0.15, 0.2) is 0 Å². The van der Waals surface area contributed by atoms with Crippen LogP contribution in [-0.4, -0.2) is 6.36 Å². The van der Waals surface area contributed by atoms with E-state index in [-0.39, 0.29) is 12.2 Å². The molecule has 21 heavy (non-hydrogen) atoms. The van der Waals surface area contributed by atoms with E-state index in [2.05, 4.69) is 4.74 Å². The van der Waals surface area contributed by atoms with E-state index in [1.54, 1.807) is 18.2 Å². The van der Waals surface area contributed by atoms with Crippen molar-refractivity contribution in [2.24, 2.45) is 0 Å². The van der Waals surface area contributed by atoms with Gasteiger partial charge < -0.3 is 4.74 Å². The van der Waals surface area contributed by atoms with Crippen LogP contribution < -0.4 is 4.74 Å². The molecule has 2 aromatic rings. The summed E-state index contributed by atoms with van der Waals surface area (Å²) in [6.07, 6.45) is -4.56. The highest BCUT2D eigenvalue weighted by atomic mass is 35.5. The van der Waals surface area contributed by atoms with Crippen molar-refractivity contribution in [3.05, 3.63) is 53.1 Å². The average molecular weight is 312 g/mol. The maximum absolute atomic E-state index is 12.1. The van der Waals surface area contributed by atoms with Gasteiger partial charge in [-0.15, -0.1) is 13.2 Å². The normalized spacial score (nSPS) is 11.0. The van der Waals surface area contributed by atoms with Crippen molar-refractivity contribution in [1.82, 2.24) is 0 Å². The zero-order chi connectivity index (χ0) is 15.5. The van der Waals surface area contributed by atoms with E-state index in [0.717, 1.165) is 5.56 Å². The van der Waals surface area contributed by atoms with Crippen molar-refractivity contribution in [2.45, 2.75) is 12.8 Å². The van der Waals surface area contributed by atoms with Crippen LogP contribution in [0.1, 0.15) is 5.56 Å². The van der Waals surface area contributed by atoms with Gasteiger partial charge in [-0.1, -0.05) is 35.9 Å². The molecule has 0 radical (unpaired) electrons. The number of rotatable bonds is 3. The zero-order valence-electron chi connectivity index (χ0n) is 10.6. The zero-order valence-corrected chi connectivity index (χ0v) is 11.4. The third-order valence-electron chi connectivity index (χ3n) is 2.75. The molecular weight excluding hydrogens is 303 g/mol. The van der Waals surface area contributed by atoms with Gasteiger partial charge in [-0.05, 0) is 29.3 Å². The van der Waals surface area contributed by atoms with Gasteiger partial charge in [-0.3, -0.25) is 0 Å². The van der Waals surface area contributed by atoms with E-state index in [4.69, 9.17) is 16.9 Å². The van der Waals surface area contributed by atoms with Crippen molar-refractivity contribution in [2.75, 3.05) is 0 Å². The standard InChI is InChI=1S/C15H9ClF3NO/c16-13-3-1-2-10(8-9-20)14(13)11-4-6-12(7-5-11)21-15(17,18)19/h1-7H,8H2. The third kappa shape index (κ3) is 3.89. The lowest BCUT2D eigenvalue weighted by atomic mass is 9.98. The summed E-state index contributed by atoms with van der Waals surface area (Å²) in [7, 11) is 0. The Bertz CT molecular complexity index is 675. The number of alkyl halides is 3. The van der Waals surface area contributed by atoms with E-state index in [1.165, 1.54) is 24.3 Å². The molecule has 6 heteroatoms. The highest BCUT2D eigenvalue weighted by molar-refractivity contribution is 6.33. The second-order valence-electron chi connectivity index (χ2n) is 4.18. The number of hydrogen-bond acceptors (Lipinski definition) is 2. The smallest absolute Gasteiger partial charge is 0.406 e. The largest absolute Gasteiger partial charge is 0.573 e. The van der Waals surface area contributed by atoms with Crippen LogP contribution >= 0.6 is 11.6 Å². The SMILES string of the molecule is N#CCc1cccc(Cl)c1-c1ccc(OC(F)(F)F)cc1. The summed E-state index contributed by atoms with van der Waals surface area (Å²) in [5, 5.41) is 9.25. The van der Waals surface area contributed by atoms with Crippen LogP contribution in [0.15, 0.2) is 42.5 Å². The molecule has 0 aliphatic rings. The molecule has 0 aliphatic carbocycles. The van der Waals surface area contributed by atoms with E-state index in [9.17, 15) is 13.2 Å². The van der Waals surface area contributed by atoms with Crippen LogP contribution in [0.3, 0.4) is 0 Å².